The van der Waals surface area contributed by atoms with Crippen LogP contribution in [0.3, 0.4) is 0 Å². The number of rotatable bonds is 9. The lowest BCUT2D eigenvalue weighted by Gasteiger charge is -2.24. The van der Waals surface area contributed by atoms with Crippen LogP contribution < -0.4 is 14.3 Å². The molecule has 40 heavy (non-hydrogen) atoms. The third kappa shape index (κ3) is 6.92. The lowest BCUT2D eigenvalue weighted by atomic mass is 10.2. The van der Waals surface area contributed by atoms with Gasteiger partial charge in [-0.3, -0.25) is 13.8 Å². The molecule has 2 N–H and O–H groups in total. The van der Waals surface area contributed by atoms with Crippen LogP contribution in [0.1, 0.15) is 5.56 Å². The summed E-state index contributed by atoms with van der Waals surface area (Å²) in [5, 5.41) is 2.90. The molecule has 4 rings (SSSR count). The Hall–Kier alpha value is -3.64. The summed E-state index contributed by atoms with van der Waals surface area (Å²) in [6.07, 6.45) is 0. The van der Waals surface area contributed by atoms with E-state index in [1.807, 2.05) is 6.92 Å². The fraction of sp³-hybridized carbons (Fsp3) is 0.0741. The average molecular weight is 623 g/mol. The first kappa shape index (κ1) is 29.3. The SMILES string of the molecule is Cc1ccc(S(=O)(=O)N(CC(=O)Nc2ccc(S(=O)(=O)Nc3ccc(F)cc3)cc2)c2ccc(Cl)c(Cl)c2)cc1. The van der Waals surface area contributed by atoms with Crippen LogP contribution in [-0.2, 0) is 24.8 Å². The van der Waals surface area contributed by atoms with Crippen molar-refractivity contribution in [3.63, 3.8) is 0 Å². The second-order valence-electron chi connectivity index (χ2n) is 8.61. The molecule has 0 radical (unpaired) electrons. The fourth-order valence-electron chi connectivity index (χ4n) is 3.57. The van der Waals surface area contributed by atoms with Crippen LogP contribution in [-0.4, -0.2) is 29.3 Å². The molecule has 208 valence electrons. The zero-order valence-electron chi connectivity index (χ0n) is 20.8. The van der Waals surface area contributed by atoms with E-state index < -0.39 is 38.3 Å². The number of halogens is 3. The molecule has 0 heterocycles. The van der Waals surface area contributed by atoms with E-state index in [1.165, 1.54) is 66.7 Å². The molecule has 8 nitrogen and oxygen atoms in total. The predicted octanol–water partition coefficient (Wildman–Crippen LogP) is 6.08. The van der Waals surface area contributed by atoms with Crippen molar-refractivity contribution < 1.29 is 26.0 Å². The van der Waals surface area contributed by atoms with Crippen LogP contribution in [0, 0.1) is 12.7 Å². The van der Waals surface area contributed by atoms with Gasteiger partial charge in [0.05, 0.1) is 25.5 Å². The summed E-state index contributed by atoms with van der Waals surface area (Å²) in [7, 11) is -8.17. The number of hydrogen-bond donors (Lipinski definition) is 2. The molecular weight excluding hydrogens is 600 g/mol. The smallest absolute Gasteiger partial charge is 0.264 e. The van der Waals surface area contributed by atoms with Crippen LogP contribution in [0.4, 0.5) is 21.5 Å². The van der Waals surface area contributed by atoms with Crippen molar-refractivity contribution in [2.75, 3.05) is 20.9 Å². The quantitative estimate of drug-likeness (QED) is 0.235. The lowest BCUT2D eigenvalue weighted by molar-refractivity contribution is -0.114. The van der Waals surface area contributed by atoms with E-state index in [-0.39, 0.29) is 36.9 Å². The van der Waals surface area contributed by atoms with Crippen molar-refractivity contribution in [1.29, 1.82) is 0 Å². The number of carbonyl (C=O) groups is 1. The molecule has 0 atom stereocenters. The topological polar surface area (TPSA) is 113 Å². The van der Waals surface area contributed by atoms with E-state index in [0.717, 1.165) is 22.0 Å². The zero-order valence-corrected chi connectivity index (χ0v) is 24.0. The first-order chi connectivity index (χ1) is 18.8. The Morgan fingerprint density at radius 1 is 0.775 bits per heavy atom. The van der Waals surface area contributed by atoms with Crippen LogP contribution in [0.15, 0.2) is 101 Å². The lowest BCUT2D eigenvalue weighted by Crippen LogP contribution is -2.38. The van der Waals surface area contributed by atoms with Gasteiger partial charge < -0.3 is 5.32 Å². The van der Waals surface area contributed by atoms with Gasteiger partial charge in [-0.15, -0.1) is 0 Å². The first-order valence-corrected chi connectivity index (χ1v) is 15.3. The van der Waals surface area contributed by atoms with Gasteiger partial charge >= 0.3 is 0 Å². The van der Waals surface area contributed by atoms with Crippen molar-refractivity contribution in [1.82, 2.24) is 0 Å². The second kappa shape index (κ2) is 11.8. The van der Waals surface area contributed by atoms with Crippen molar-refractivity contribution in [2.45, 2.75) is 16.7 Å². The number of anilines is 3. The molecule has 0 aliphatic heterocycles. The van der Waals surface area contributed by atoms with Gasteiger partial charge in [0, 0.05) is 11.4 Å². The molecule has 0 saturated heterocycles. The standard InChI is InChI=1S/C27H22Cl2FN3O5S2/c1-18-2-11-24(12-3-18)40(37,38)33(22-10-15-25(28)26(29)16-22)17-27(34)31-20-8-13-23(14-9-20)39(35,36)32-21-6-4-19(30)5-7-21/h2-16,32H,17H2,1H3,(H,31,34). The molecule has 0 spiro atoms. The van der Waals surface area contributed by atoms with Gasteiger partial charge in [-0.1, -0.05) is 40.9 Å². The first-order valence-electron chi connectivity index (χ1n) is 11.6. The molecule has 1 amide bonds. The summed E-state index contributed by atoms with van der Waals surface area (Å²) in [6, 6.07) is 20.4. The summed E-state index contributed by atoms with van der Waals surface area (Å²) in [4.78, 5) is 12.9. The van der Waals surface area contributed by atoms with E-state index >= 15 is 0 Å². The number of benzene rings is 4. The maximum Gasteiger partial charge on any atom is 0.264 e. The predicted molar refractivity (Wildman–Crippen MR) is 154 cm³/mol. The number of carbonyl (C=O) groups excluding carboxylic acids is 1. The van der Waals surface area contributed by atoms with Gasteiger partial charge in [0.1, 0.15) is 12.4 Å². The largest absolute Gasteiger partial charge is 0.325 e. The van der Waals surface area contributed by atoms with Crippen molar-refractivity contribution >= 4 is 66.2 Å². The molecule has 0 bridgehead atoms. The highest BCUT2D eigenvalue weighted by atomic mass is 35.5. The zero-order chi connectivity index (χ0) is 29.1. The molecule has 0 saturated carbocycles. The molecule has 4 aromatic rings. The summed E-state index contributed by atoms with van der Waals surface area (Å²) >= 11 is 12.1. The number of hydrogen-bond acceptors (Lipinski definition) is 5. The minimum Gasteiger partial charge on any atom is -0.325 e. The Morgan fingerprint density at radius 3 is 1.95 bits per heavy atom. The van der Waals surface area contributed by atoms with Gasteiger partial charge in [0.2, 0.25) is 5.91 Å². The summed E-state index contributed by atoms with van der Waals surface area (Å²) in [5.41, 5.74) is 1.39. The summed E-state index contributed by atoms with van der Waals surface area (Å²) in [6.45, 7) is 1.20. The van der Waals surface area contributed by atoms with E-state index in [1.54, 1.807) is 12.1 Å². The number of amides is 1. The fourth-order valence-corrected chi connectivity index (χ4v) is 6.34. The Kier molecular flexibility index (Phi) is 8.69. The summed E-state index contributed by atoms with van der Waals surface area (Å²) in [5.74, 6) is -1.20. The van der Waals surface area contributed by atoms with Crippen molar-refractivity contribution in [3.8, 4) is 0 Å². The van der Waals surface area contributed by atoms with Crippen LogP contribution in [0.2, 0.25) is 10.0 Å². The molecule has 0 fully saturated rings. The van der Waals surface area contributed by atoms with Gasteiger partial charge in [0.25, 0.3) is 20.0 Å². The number of nitrogens with zero attached hydrogens (tertiary/aromatic N) is 1. The molecular formula is C27H22Cl2FN3O5S2. The van der Waals surface area contributed by atoms with E-state index in [0.29, 0.717) is 0 Å². The third-order valence-electron chi connectivity index (χ3n) is 5.63. The molecule has 4 aromatic carbocycles. The highest BCUT2D eigenvalue weighted by molar-refractivity contribution is 7.93. The minimum absolute atomic E-state index is 0.0276. The number of aryl methyl sites for hydroxylation is 1. The van der Waals surface area contributed by atoms with Crippen LogP contribution in [0.25, 0.3) is 0 Å². The number of nitrogens with one attached hydrogen (secondary N) is 2. The summed E-state index contributed by atoms with van der Waals surface area (Å²) < 4.78 is 68.7. The second-order valence-corrected chi connectivity index (χ2v) is 13.0. The van der Waals surface area contributed by atoms with E-state index in [9.17, 15) is 26.0 Å². The highest BCUT2D eigenvalue weighted by Gasteiger charge is 2.28. The Bertz CT molecular complexity index is 1750. The maximum atomic E-state index is 13.5. The molecule has 0 aliphatic carbocycles. The Labute approximate surface area is 241 Å². The highest BCUT2D eigenvalue weighted by Crippen LogP contribution is 2.31. The molecule has 0 aliphatic rings. The Morgan fingerprint density at radius 2 is 1.35 bits per heavy atom. The van der Waals surface area contributed by atoms with Gasteiger partial charge in [-0.05, 0) is 85.8 Å². The number of sulfonamides is 2. The minimum atomic E-state index is -4.19. The van der Waals surface area contributed by atoms with Crippen LogP contribution in [0.5, 0.6) is 0 Å². The van der Waals surface area contributed by atoms with Crippen molar-refractivity contribution in [3.05, 3.63) is 112 Å². The molecule has 0 aromatic heterocycles. The van der Waals surface area contributed by atoms with Crippen LogP contribution >= 0.6 is 23.2 Å². The Balaban J connectivity index is 1.54. The van der Waals surface area contributed by atoms with Crippen molar-refractivity contribution in [2.24, 2.45) is 0 Å². The molecule has 13 heteroatoms. The normalized spacial score (nSPS) is 11.6. The monoisotopic (exact) mass is 621 g/mol. The van der Waals surface area contributed by atoms with Gasteiger partial charge in [-0.2, -0.15) is 0 Å². The molecule has 0 unspecified atom stereocenters. The average Bonchev–Trinajstić information content (AvgIpc) is 2.91. The van der Waals surface area contributed by atoms with Gasteiger partial charge in [0.15, 0.2) is 0 Å². The van der Waals surface area contributed by atoms with E-state index in [4.69, 9.17) is 23.2 Å². The van der Waals surface area contributed by atoms with Gasteiger partial charge in [-0.25, -0.2) is 21.2 Å². The van der Waals surface area contributed by atoms with E-state index in [2.05, 4.69) is 10.0 Å². The third-order valence-corrected chi connectivity index (χ3v) is 9.56. The maximum absolute atomic E-state index is 13.5.